The minimum absolute atomic E-state index is 0.0245. The molecule has 0 saturated carbocycles. The van der Waals surface area contributed by atoms with Gasteiger partial charge in [-0.25, -0.2) is 0 Å². The Hall–Kier alpha value is -3.13. The van der Waals surface area contributed by atoms with E-state index in [0.717, 1.165) is 52.4 Å². The molecule has 4 aromatic rings. The SMILES string of the molecule is O=C(O)NC1CCN(Cc2ccn3ncnc([AsH]c4ccc(OCc5ccncc5)c(Cl)c4)c23)CC1. The second-order valence-corrected chi connectivity index (χ2v) is 11.8. The summed E-state index contributed by atoms with van der Waals surface area (Å²) in [5, 5.41) is 16.6. The van der Waals surface area contributed by atoms with Gasteiger partial charge in [0, 0.05) is 0 Å². The molecule has 1 aromatic carbocycles. The van der Waals surface area contributed by atoms with Crippen LogP contribution in [-0.2, 0) is 13.2 Å². The van der Waals surface area contributed by atoms with Crippen LogP contribution in [0.4, 0.5) is 4.79 Å². The zero-order valence-corrected chi connectivity index (χ0v) is 22.3. The van der Waals surface area contributed by atoms with Gasteiger partial charge in [-0.15, -0.1) is 0 Å². The van der Waals surface area contributed by atoms with Gasteiger partial charge in [0.25, 0.3) is 0 Å². The molecule has 3 aromatic heterocycles. The molecule has 0 radical (unpaired) electrons. The fourth-order valence-corrected chi connectivity index (χ4v) is 7.25. The zero-order valence-electron chi connectivity index (χ0n) is 19.5. The number of amides is 1. The number of carbonyl (C=O) groups is 1. The Kier molecular flexibility index (Phi) is 7.70. The van der Waals surface area contributed by atoms with Gasteiger partial charge in [0.1, 0.15) is 0 Å². The van der Waals surface area contributed by atoms with Gasteiger partial charge in [-0.3, -0.25) is 0 Å². The monoisotopic (exact) mass is 568 g/mol. The molecule has 0 spiro atoms. The summed E-state index contributed by atoms with van der Waals surface area (Å²) in [5.74, 6) is 0.654. The fourth-order valence-electron chi connectivity index (χ4n) is 4.36. The van der Waals surface area contributed by atoms with E-state index in [1.165, 1.54) is 5.56 Å². The minimum atomic E-state index is -0.952. The summed E-state index contributed by atoms with van der Waals surface area (Å²) in [7, 11) is 0. The van der Waals surface area contributed by atoms with Gasteiger partial charge < -0.3 is 0 Å². The van der Waals surface area contributed by atoms with E-state index in [1.807, 2.05) is 35.0 Å². The molecule has 0 aliphatic carbocycles. The number of hydrogen-bond donors (Lipinski definition) is 2. The van der Waals surface area contributed by atoms with Crippen molar-refractivity contribution < 1.29 is 14.6 Å². The summed E-state index contributed by atoms with van der Waals surface area (Å²) in [5.41, 5.74) is 3.27. The number of aromatic nitrogens is 4. The molecule has 4 heterocycles. The van der Waals surface area contributed by atoms with Crippen LogP contribution in [-0.4, -0.2) is 70.6 Å². The fraction of sp³-hybridized carbons (Fsp3) is 0.280. The standard InChI is InChI=1S/C25H26AsClN6O3/c27-21-13-19(1-2-22(21)36-15-17-3-8-28-9-4-17)26-24-23-18(5-12-33(23)30-16-29-24)14-32-10-6-20(7-11-32)31-25(34)35/h1-5,8-9,12-13,16,20,26,31H,6-7,10-11,14-15H2,(H,34,35). The van der Waals surface area contributed by atoms with E-state index >= 15 is 0 Å². The number of halogens is 1. The Morgan fingerprint density at radius 3 is 2.75 bits per heavy atom. The van der Waals surface area contributed by atoms with Crippen LogP contribution in [0.5, 0.6) is 5.75 Å². The number of piperidine rings is 1. The summed E-state index contributed by atoms with van der Waals surface area (Å²) in [4.78, 5) is 21.9. The molecule has 1 fully saturated rings. The van der Waals surface area contributed by atoms with Crippen LogP contribution in [0.25, 0.3) is 5.52 Å². The summed E-state index contributed by atoms with van der Waals surface area (Å²) < 4.78 is 10.0. The van der Waals surface area contributed by atoms with Crippen LogP contribution >= 0.6 is 11.6 Å². The topological polar surface area (TPSA) is 105 Å². The molecular weight excluding hydrogens is 543 g/mol. The van der Waals surface area contributed by atoms with Crippen molar-refractivity contribution in [2.75, 3.05) is 13.1 Å². The van der Waals surface area contributed by atoms with Crippen molar-refractivity contribution in [1.82, 2.24) is 29.8 Å². The van der Waals surface area contributed by atoms with E-state index in [4.69, 9.17) is 21.4 Å². The first kappa shape index (κ1) is 24.6. The molecule has 11 heteroatoms. The molecule has 1 aliphatic heterocycles. The Morgan fingerprint density at radius 1 is 1.19 bits per heavy atom. The predicted molar refractivity (Wildman–Crippen MR) is 139 cm³/mol. The molecule has 0 bridgehead atoms. The number of likely N-dealkylation sites (tertiary alicyclic amines) is 1. The number of fused-ring (bicyclic) bond motifs is 1. The van der Waals surface area contributed by atoms with Gasteiger partial charge in [-0.05, 0) is 0 Å². The van der Waals surface area contributed by atoms with E-state index in [0.29, 0.717) is 17.4 Å². The average Bonchev–Trinajstić information content (AvgIpc) is 3.29. The van der Waals surface area contributed by atoms with Crippen LogP contribution in [0.15, 0.2) is 61.3 Å². The second kappa shape index (κ2) is 11.3. The van der Waals surface area contributed by atoms with E-state index in [2.05, 4.69) is 37.4 Å². The number of nitrogens with zero attached hydrogens (tertiary/aromatic N) is 5. The van der Waals surface area contributed by atoms with Gasteiger partial charge in [-0.2, -0.15) is 0 Å². The molecule has 1 unspecified atom stereocenters. The summed E-state index contributed by atoms with van der Waals surface area (Å²) >= 11 is 5.79. The molecule has 186 valence electrons. The van der Waals surface area contributed by atoms with E-state index in [1.54, 1.807) is 18.7 Å². The molecule has 5 rings (SSSR count). The van der Waals surface area contributed by atoms with Gasteiger partial charge >= 0.3 is 221 Å². The Bertz CT molecular complexity index is 1340. The molecule has 1 saturated heterocycles. The predicted octanol–water partition coefficient (Wildman–Crippen LogP) is 1.98. The number of nitrogens with one attached hydrogen (secondary N) is 1. The second-order valence-electron chi connectivity index (χ2n) is 8.66. The molecule has 1 amide bonds. The van der Waals surface area contributed by atoms with Crippen molar-refractivity contribution in [3.8, 4) is 5.75 Å². The van der Waals surface area contributed by atoms with Gasteiger partial charge in [0.15, 0.2) is 0 Å². The van der Waals surface area contributed by atoms with Crippen LogP contribution < -0.4 is 18.9 Å². The third kappa shape index (κ3) is 5.98. The van der Waals surface area contributed by atoms with Crippen molar-refractivity contribution in [2.24, 2.45) is 0 Å². The number of pyridine rings is 1. The Morgan fingerprint density at radius 2 is 2.00 bits per heavy atom. The van der Waals surface area contributed by atoms with Crippen LogP contribution in [0.3, 0.4) is 0 Å². The van der Waals surface area contributed by atoms with Crippen molar-refractivity contribution in [2.45, 2.75) is 32.0 Å². The first-order chi connectivity index (χ1) is 17.5. The first-order valence-electron chi connectivity index (χ1n) is 11.7. The van der Waals surface area contributed by atoms with Crippen molar-refractivity contribution in [1.29, 1.82) is 0 Å². The number of rotatable bonds is 8. The van der Waals surface area contributed by atoms with Crippen LogP contribution in [0, 0.1) is 0 Å². The van der Waals surface area contributed by atoms with Gasteiger partial charge in [-0.1, -0.05) is 0 Å². The Labute approximate surface area is 220 Å². The number of benzene rings is 1. The van der Waals surface area contributed by atoms with Crippen LogP contribution in [0.2, 0.25) is 5.02 Å². The number of hydrogen-bond acceptors (Lipinski definition) is 6. The van der Waals surface area contributed by atoms with Gasteiger partial charge in [0.2, 0.25) is 0 Å². The average molecular weight is 569 g/mol. The number of carboxylic acid groups (broad SMARTS) is 1. The quantitative estimate of drug-likeness (QED) is 0.313. The zero-order chi connectivity index (χ0) is 24.9. The Balaban J connectivity index is 1.28. The van der Waals surface area contributed by atoms with Crippen LogP contribution in [0.1, 0.15) is 24.0 Å². The van der Waals surface area contributed by atoms with E-state index in [-0.39, 0.29) is 6.04 Å². The maximum atomic E-state index is 10.9. The molecule has 1 atom stereocenters. The third-order valence-corrected chi connectivity index (χ3v) is 9.00. The normalized spacial score (nSPS) is 15.0. The number of ether oxygens (including phenoxy) is 1. The van der Waals surface area contributed by atoms with Gasteiger partial charge in [0.05, 0.1) is 0 Å². The van der Waals surface area contributed by atoms with E-state index < -0.39 is 21.8 Å². The van der Waals surface area contributed by atoms with Crippen molar-refractivity contribution >= 4 is 47.8 Å². The molecule has 2 N–H and O–H groups in total. The third-order valence-electron chi connectivity index (χ3n) is 6.18. The first-order valence-corrected chi connectivity index (χ1v) is 14.1. The molecular formula is C25H26AsClN6O3. The summed E-state index contributed by atoms with van der Waals surface area (Å²) in [6, 6.07) is 11.9. The molecule has 9 nitrogen and oxygen atoms in total. The maximum absolute atomic E-state index is 10.9. The molecule has 1 aliphatic rings. The molecule has 36 heavy (non-hydrogen) atoms. The van der Waals surface area contributed by atoms with Crippen molar-refractivity contribution in [3.05, 3.63) is 77.5 Å². The summed E-state index contributed by atoms with van der Waals surface area (Å²) in [6.45, 7) is 2.91. The summed E-state index contributed by atoms with van der Waals surface area (Å²) in [6.07, 6.45) is 7.73. The van der Waals surface area contributed by atoms with Crippen molar-refractivity contribution in [3.63, 3.8) is 0 Å². The van der Waals surface area contributed by atoms with E-state index in [9.17, 15) is 4.79 Å².